The van der Waals surface area contributed by atoms with Gasteiger partial charge in [0.2, 0.25) is 5.91 Å². The van der Waals surface area contributed by atoms with Crippen molar-refractivity contribution < 1.29 is 4.79 Å². The highest BCUT2D eigenvalue weighted by molar-refractivity contribution is 7.07. The minimum Gasteiger partial charge on any atom is -0.354 e. The first kappa shape index (κ1) is 14.6. The predicted octanol–water partition coefficient (Wildman–Crippen LogP) is 2.54. The monoisotopic (exact) mass is 314 g/mol. The van der Waals surface area contributed by atoms with Gasteiger partial charge in [0.25, 0.3) is 0 Å². The first-order valence-corrected chi connectivity index (χ1v) is 8.16. The van der Waals surface area contributed by atoms with Crippen LogP contribution in [0, 0.1) is 0 Å². The Hall–Kier alpha value is -2.34. The Morgan fingerprint density at radius 3 is 2.82 bits per heavy atom. The van der Waals surface area contributed by atoms with Crippen LogP contribution in [0.5, 0.6) is 0 Å². The van der Waals surface area contributed by atoms with Gasteiger partial charge in [-0.15, -0.1) is 0 Å². The summed E-state index contributed by atoms with van der Waals surface area (Å²) in [6.07, 6.45) is 8.06. The SMILES string of the molecule is O=C(C[C@H](c1ccsc1)n1cccc1)NCCn1cccn1. The summed E-state index contributed by atoms with van der Waals surface area (Å²) in [5.41, 5.74) is 1.17. The lowest BCUT2D eigenvalue weighted by Gasteiger charge is -2.18. The topological polar surface area (TPSA) is 51.9 Å². The Morgan fingerprint density at radius 1 is 1.27 bits per heavy atom. The second kappa shape index (κ2) is 7.09. The molecule has 0 aromatic carbocycles. The Kier molecular flexibility index (Phi) is 4.70. The van der Waals surface area contributed by atoms with Crippen LogP contribution in [-0.2, 0) is 11.3 Å². The van der Waals surface area contributed by atoms with Gasteiger partial charge in [0.1, 0.15) is 0 Å². The Balaban J connectivity index is 1.57. The molecule has 0 radical (unpaired) electrons. The van der Waals surface area contributed by atoms with Crippen molar-refractivity contribution in [2.24, 2.45) is 0 Å². The molecule has 1 atom stereocenters. The molecule has 0 aliphatic carbocycles. The molecule has 5 nitrogen and oxygen atoms in total. The number of hydrogen-bond donors (Lipinski definition) is 1. The number of carbonyl (C=O) groups excluding carboxylic acids is 1. The second-order valence-electron chi connectivity index (χ2n) is 5.03. The Bertz CT molecular complexity index is 640. The lowest BCUT2D eigenvalue weighted by atomic mass is 10.1. The van der Waals surface area contributed by atoms with Crippen LogP contribution in [0.3, 0.4) is 0 Å². The van der Waals surface area contributed by atoms with Gasteiger partial charge < -0.3 is 9.88 Å². The van der Waals surface area contributed by atoms with Gasteiger partial charge in [-0.1, -0.05) is 0 Å². The largest absolute Gasteiger partial charge is 0.354 e. The maximum atomic E-state index is 12.2. The number of carbonyl (C=O) groups is 1. The number of nitrogens with one attached hydrogen (secondary N) is 1. The molecule has 114 valence electrons. The predicted molar refractivity (Wildman–Crippen MR) is 86.7 cm³/mol. The van der Waals surface area contributed by atoms with Crippen LogP contribution < -0.4 is 5.32 Å². The summed E-state index contributed by atoms with van der Waals surface area (Å²) in [5, 5.41) is 11.2. The van der Waals surface area contributed by atoms with Crippen molar-refractivity contribution in [2.75, 3.05) is 6.54 Å². The van der Waals surface area contributed by atoms with E-state index in [0.717, 1.165) is 0 Å². The van der Waals surface area contributed by atoms with Crippen molar-refractivity contribution in [1.82, 2.24) is 19.7 Å². The lowest BCUT2D eigenvalue weighted by molar-refractivity contribution is -0.121. The molecule has 0 spiro atoms. The quantitative estimate of drug-likeness (QED) is 0.728. The van der Waals surface area contributed by atoms with E-state index in [2.05, 4.69) is 26.4 Å². The van der Waals surface area contributed by atoms with E-state index >= 15 is 0 Å². The lowest BCUT2D eigenvalue weighted by Crippen LogP contribution is -2.29. The molecule has 3 rings (SSSR count). The Labute approximate surface area is 133 Å². The Morgan fingerprint density at radius 2 is 2.14 bits per heavy atom. The third-order valence-corrected chi connectivity index (χ3v) is 4.22. The van der Waals surface area contributed by atoms with E-state index in [1.165, 1.54) is 5.56 Å². The van der Waals surface area contributed by atoms with Crippen molar-refractivity contribution in [3.63, 3.8) is 0 Å². The summed E-state index contributed by atoms with van der Waals surface area (Å²) in [6, 6.07) is 7.96. The van der Waals surface area contributed by atoms with Gasteiger partial charge in [-0.2, -0.15) is 16.4 Å². The van der Waals surface area contributed by atoms with Gasteiger partial charge in [-0.3, -0.25) is 9.48 Å². The zero-order valence-corrected chi connectivity index (χ0v) is 12.9. The van der Waals surface area contributed by atoms with E-state index in [1.54, 1.807) is 17.5 Å². The third-order valence-electron chi connectivity index (χ3n) is 3.52. The van der Waals surface area contributed by atoms with Crippen LogP contribution in [0.25, 0.3) is 0 Å². The van der Waals surface area contributed by atoms with Gasteiger partial charge in [-0.05, 0) is 40.6 Å². The normalized spacial score (nSPS) is 12.2. The summed E-state index contributed by atoms with van der Waals surface area (Å²) >= 11 is 1.65. The van der Waals surface area contributed by atoms with E-state index in [-0.39, 0.29) is 11.9 Å². The first-order valence-electron chi connectivity index (χ1n) is 7.21. The highest BCUT2D eigenvalue weighted by Gasteiger charge is 2.17. The van der Waals surface area contributed by atoms with Crippen molar-refractivity contribution in [2.45, 2.75) is 19.0 Å². The molecular formula is C16H18N4OS. The minimum absolute atomic E-state index is 0.0472. The van der Waals surface area contributed by atoms with Crippen LogP contribution >= 0.6 is 11.3 Å². The number of nitrogens with zero attached hydrogens (tertiary/aromatic N) is 3. The van der Waals surface area contributed by atoms with E-state index in [1.807, 2.05) is 46.9 Å². The number of amides is 1. The molecule has 6 heteroatoms. The van der Waals surface area contributed by atoms with Crippen LogP contribution in [0.1, 0.15) is 18.0 Å². The molecular weight excluding hydrogens is 296 g/mol. The molecule has 0 saturated heterocycles. The highest BCUT2D eigenvalue weighted by Crippen LogP contribution is 2.24. The van der Waals surface area contributed by atoms with E-state index < -0.39 is 0 Å². The fourth-order valence-corrected chi connectivity index (χ4v) is 3.11. The zero-order chi connectivity index (χ0) is 15.2. The molecule has 1 amide bonds. The van der Waals surface area contributed by atoms with Gasteiger partial charge in [0.15, 0.2) is 0 Å². The average Bonchev–Trinajstić information content (AvgIpc) is 3.26. The first-order chi connectivity index (χ1) is 10.8. The van der Waals surface area contributed by atoms with Gasteiger partial charge in [0, 0.05) is 31.3 Å². The summed E-state index contributed by atoms with van der Waals surface area (Å²) in [4.78, 5) is 12.2. The van der Waals surface area contributed by atoms with Gasteiger partial charge in [0.05, 0.1) is 19.0 Å². The molecule has 3 heterocycles. The second-order valence-corrected chi connectivity index (χ2v) is 5.81. The minimum atomic E-state index is 0.0472. The molecule has 22 heavy (non-hydrogen) atoms. The molecule has 0 bridgehead atoms. The van der Waals surface area contributed by atoms with Crippen LogP contribution in [0.15, 0.2) is 59.8 Å². The number of aromatic nitrogens is 3. The molecule has 0 aliphatic heterocycles. The number of rotatable bonds is 7. The van der Waals surface area contributed by atoms with E-state index in [0.29, 0.717) is 19.5 Å². The van der Waals surface area contributed by atoms with Crippen molar-refractivity contribution in [3.8, 4) is 0 Å². The summed E-state index contributed by atoms with van der Waals surface area (Å²) in [7, 11) is 0. The van der Waals surface area contributed by atoms with Crippen LogP contribution in [-0.4, -0.2) is 26.8 Å². The fraction of sp³-hybridized carbons (Fsp3) is 0.250. The number of thiophene rings is 1. The molecule has 1 N–H and O–H groups in total. The standard InChI is InChI=1S/C16H18N4OS/c21-16(17-6-10-20-9-3-5-18-20)12-15(14-4-11-22-13-14)19-7-1-2-8-19/h1-5,7-9,11,13,15H,6,10,12H2,(H,17,21)/t15-/m1/s1. The van der Waals surface area contributed by atoms with Crippen molar-refractivity contribution in [3.05, 3.63) is 65.4 Å². The van der Waals surface area contributed by atoms with E-state index in [4.69, 9.17) is 0 Å². The molecule has 3 aromatic rings. The smallest absolute Gasteiger partial charge is 0.222 e. The molecule has 0 saturated carbocycles. The summed E-state index contributed by atoms with van der Waals surface area (Å²) < 4.78 is 3.89. The number of hydrogen-bond acceptors (Lipinski definition) is 3. The average molecular weight is 314 g/mol. The highest BCUT2D eigenvalue weighted by atomic mass is 32.1. The molecule has 0 unspecified atom stereocenters. The molecule has 3 aromatic heterocycles. The van der Waals surface area contributed by atoms with Gasteiger partial charge >= 0.3 is 0 Å². The van der Waals surface area contributed by atoms with Crippen molar-refractivity contribution >= 4 is 17.2 Å². The van der Waals surface area contributed by atoms with Crippen LogP contribution in [0.4, 0.5) is 0 Å². The maximum Gasteiger partial charge on any atom is 0.222 e. The zero-order valence-electron chi connectivity index (χ0n) is 12.1. The van der Waals surface area contributed by atoms with Crippen LogP contribution in [0.2, 0.25) is 0 Å². The summed E-state index contributed by atoms with van der Waals surface area (Å²) in [5.74, 6) is 0.0528. The third kappa shape index (κ3) is 3.65. The molecule has 0 fully saturated rings. The summed E-state index contributed by atoms with van der Waals surface area (Å²) in [6.45, 7) is 1.27. The van der Waals surface area contributed by atoms with E-state index in [9.17, 15) is 4.79 Å². The maximum absolute atomic E-state index is 12.2. The van der Waals surface area contributed by atoms with Gasteiger partial charge in [-0.25, -0.2) is 0 Å². The molecule has 0 aliphatic rings. The fourth-order valence-electron chi connectivity index (χ4n) is 2.41. The van der Waals surface area contributed by atoms with Crippen molar-refractivity contribution in [1.29, 1.82) is 0 Å².